The summed E-state index contributed by atoms with van der Waals surface area (Å²) in [5, 5.41) is 11.1. The molecule has 1 amide bonds. The Bertz CT molecular complexity index is 542. The summed E-state index contributed by atoms with van der Waals surface area (Å²) in [5.41, 5.74) is 0.0946. The van der Waals surface area contributed by atoms with E-state index in [1.165, 1.54) is 12.1 Å². The van der Waals surface area contributed by atoms with Crippen molar-refractivity contribution in [2.75, 3.05) is 19.7 Å². The van der Waals surface area contributed by atoms with E-state index in [-0.39, 0.29) is 29.5 Å². The van der Waals surface area contributed by atoms with Gasteiger partial charge in [0.2, 0.25) is 5.75 Å². The second kappa shape index (κ2) is 6.89. The average Bonchev–Trinajstić information content (AvgIpc) is 2.47. The zero-order chi connectivity index (χ0) is 15.4. The molecule has 7 heteroatoms. The van der Waals surface area contributed by atoms with Crippen molar-refractivity contribution in [3.8, 4) is 5.75 Å². The monoisotopic (exact) mass is 356 g/mol. The molecule has 0 N–H and O–H groups in total. The maximum atomic E-state index is 12.6. The number of rotatable bonds is 4. The highest BCUT2D eigenvalue weighted by molar-refractivity contribution is 9.09. The van der Waals surface area contributed by atoms with Crippen LogP contribution in [0.15, 0.2) is 18.2 Å². The first-order valence-corrected chi connectivity index (χ1v) is 7.79. The van der Waals surface area contributed by atoms with Gasteiger partial charge >= 0.3 is 5.69 Å². The van der Waals surface area contributed by atoms with Crippen LogP contribution in [0.1, 0.15) is 30.1 Å². The van der Waals surface area contributed by atoms with Crippen LogP contribution < -0.4 is 4.74 Å². The molecule has 1 saturated heterocycles. The zero-order valence-corrected chi connectivity index (χ0v) is 13.3. The van der Waals surface area contributed by atoms with Crippen LogP contribution in [0.5, 0.6) is 5.75 Å². The normalized spacial score (nSPS) is 15.8. The lowest BCUT2D eigenvalue weighted by Crippen LogP contribution is -2.38. The highest BCUT2D eigenvalue weighted by Crippen LogP contribution is 2.32. The Balaban J connectivity index is 2.31. The van der Waals surface area contributed by atoms with E-state index in [0.29, 0.717) is 17.9 Å². The third-order valence-electron chi connectivity index (χ3n) is 3.42. The number of hydrogen-bond donors (Lipinski definition) is 0. The van der Waals surface area contributed by atoms with Gasteiger partial charge in [0.1, 0.15) is 0 Å². The van der Waals surface area contributed by atoms with Crippen LogP contribution in [-0.2, 0) is 0 Å². The molecule has 1 fully saturated rings. The Morgan fingerprint density at radius 1 is 1.48 bits per heavy atom. The zero-order valence-electron chi connectivity index (χ0n) is 11.8. The van der Waals surface area contributed by atoms with Crippen molar-refractivity contribution in [2.45, 2.75) is 24.6 Å². The van der Waals surface area contributed by atoms with Gasteiger partial charge in [0.25, 0.3) is 5.91 Å². The van der Waals surface area contributed by atoms with Gasteiger partial charge in [-0.25, -0.2) is 0 Å². The SMILES string of the molecule is CCOc1c(C(=O)N2CCC(Br)CC2)cccc1[N+](=O)[O-]. The summed E-state index contributed by atoms with van der Waals surface area (Å²) in [4.78, 5) is 25.3. The number of benzene rings is 1. The van der Waals surface area contributed by atoms with Gasteiger partial charge in [-0.05, 0) is 25.8 Å². The first-order chi connectivity index (χ1) is 10.0. The Morgan fingerprint density at radius 2 is 2.14 bits per heavy atom. The molecule has 0 unspecified atom stereocenters. The number of alkyl halides is 1. The molecule has 0 spiro atoms. The second-order valence-electron chi connectivity index (χ2n) is 4.81. The molecular formula is C14H17BrN2O4. The molecule has 0 aromatic heterocycles. The van der Waals surface area contributed by atoms with Crippen molar-refractivity contribution in [3.63, 3.8) is 0 Å². The van der Waals surface area contributed by atoms with E-state index in [1.54, 1.807) is 17.9 Å². The predicted octanol–water partition coefficient (Wildman–Crippen LogP) is 2.99. The number of nitrogens with zero attached hydrogens (tertiary/aromatic N) is 2. The standard InChI is InChI=1S/C14H17BrN2O4/c1-2-21-13-11(4-3-5-12(13)17(19)20)14(18)16-8-6-10(15)7-9-16/h3-5,10H,2,6-9H2,1H3. The molecular weight excluding hydrogens is 340 g/mol. The van der Waals surface area contributed by atoms with Crippen LogP contribution in [0.25, 0.3) is 0 Å². The maximum Gasteiger partial charge on any atom is 0.311 e. The number of nitro benzene ring substituents is 1. The number of carbonyl (C=O) groups is 1. The number of amides is 1. The number of piperidine rings is 1. The third-order valence-corrected chi connectivity index (χ3v) is 4.34. The van der Waals surface area contributed by atoms with Crippen LogP contribution >= 0.6 is 15.9 Å². The summed E-state index contributed by atoms with van der Waals surface area (Å²) in [6.45, 7) is 3.29. The average molecular weight is 357 g/mol. The first kappa shape index (κ1) is 15.8. The smallest absolute Gasteiger partial charge is 0.311 e. The van der Waals surface area contributed by atoms with Gasteiger partial charge in [0.15, 0.2) is 0 Å². The van der Waals surface area contributed by atoms with E-state index < -0.39 is 4.92 Å². The topological polar surface area (TPSA) is 72.7 Å². The first-order valence-electron chi connectivity index (χ1n) is 6.88. The van der Waals surface area contributed by atoms with Gasteiger partial charge in [0.05, 0.1) is 17.1 Å². The van der Waals surface area contributed by atoms with Crippen molar-refractivity contribution in [1.29, 1.82) is 0 Å². The molecule has 21 heavy (non-hydrogen) atoms. The van der Waals surface area contributed by atoms with Crippen molar-refractivity contribution in [2.24, 2.45) is 0 Å². The third kappa shape index (κ3) is 3.53. The Hall–Kier alpha value is -1.63. The van der Waals surface area contributed by atoms with Crippen molar-refractivity contribution < 1.29 is 14.5 Å². The number of likely N-dealkylation sites (tertiary alicyclic amines) is 1. The van der Waals surface area contributed by atoms with Crippen LogP contribution in [0, 0.1) is 10.1 Å². The maximum absolute atomic E-state index is 12.6. The van der Waals surface area contributed by atoms with Crippen molar-refractivity contribution in [3.05, 3.63) is 33.9 Å². The van der Waals surface area contributed by atoms with Gasteiger partial charge < -0.3 is 9.64 Å². The van der Waals surface area contributed by atoms with E-state index >= 15 is 0 Å². The Labute approximate surface area is 131 Å². The highest BCUT2D eigenvalue weighted by atomic mass is 79.9. The Morgan fingerprint density at radius 3 is 2.71 bits per heavy atom. The van der Waals surface area contributed by atoms with E-state index in [9.17, 15) is 14.9 Å². The molecule has 0 atom stereocenters. The number of halogens is 1. The minimum atomic E-state index is -0.521. The minimum absolute atomic E-state index is 0.0657. The summed E-state index contributed by atoms with van der Waals surface area (Å²) >= 11 is 3.54. The molecule has 0 saturated carbocycles. The molecule has 0 radical (unpaired) electrons. The molecule has 1 aliphatic heterocycles. The number of hydrogen-bond acceptors (Lipinski definition) is 4. The lowest BCUT2D eigenvalue weighted by molar-refractivity contribution is -0.385. The van der Waals surface area contributed by atoms with Gasteiger partial charge in [-0.2, -0.15) is 0 Å². The van der Waals surface area contributed by atoms with E-state index in [2.05, 4.69) is 15.9 Å². The predicted molar refractivity (Wildman–Crippen MR) is 82.1 cm³/mol. The fraction of sp³-hybridized carbons (Fsp3) is 0.500. The van der Waals surface area contributed by atoms with E-state index in [0.717, 1.165) is 12.8 Å². The van der Waals surface area contributed by atoms with E-state index in [1.807, 2.05) is 0 Å². The van der Waals surface area contributed by atoms with Gasteiger partial charge in [-0.15, -0.1) is 0 Å². The minimum Gasteiger partial charge on any atom is -0.487 e. The molecule has 114 valence electrons. The summed E-state index contributed by atoms with van der Waals surface area (Å²) in [6.07, 6.45) is 1.76. The Kier molecular flexibility index (Phi) is 5.17. The van der Waals surface area contributed by atoms with Gasteiger partial charge in [0, 0.05) is 24.0 Å². The van der Waals surface area contributed by atoms with Crippen LogP contribution in [0.2, 0.25) is 0 Å². The molecule has 6 nitrogen and oxygen atoms in total. The molecule has 1 aromatic carbocycles. The van der Waals surface area contributed by atoms with Crippen molar-refractivity contribution in [1.82, 2.24) is 4.90 Å². The fourth-order valence-corrected chi connectivity index (χ4v) is 2.76. The summed E-state index contributed by atoms with van der Waals surface area (Å²) in [7, 11) is 0. The highest BCUT2D eigenvalue weighted by Gasteiger charge is 2.28. The van der Waals surface area contributed by atoms with Crippen LogP contribution in [-0.4, -0.2) is 40.3 Å². The second-order valence-corrected chi connectivity index (χ2v) is 6.11. The number of nitro groups is 1. The van der Waals surface area contributed by atoms with Crippen molar-refractivity contribution >= 4 is 27.5 Å². The molecule has 1 aliphatic rings. The van der Waals surface area contributed by atoms with Crippen LogP contribution in [0.3, 0.4) is 0 Å². The van der Waals surface area contributed by atoms with E-state index in [4.69, 9.17) is 4.74 Å². The van der Waals surface area contributed by atoms with Gasteiger partial charge in [-0.3, -0.25) is 14.9 Å². The summed E-state index contributed by atoms with van der Waals surface area (Å²) < 4.78 is 5.36. The summed E-state index contributed by atoms with van der Waals surface area (Å²) in [5.74, 6) is -0.141. The molecule has 0 aliphatic carbocycles. The number of carbonyl (C=O) groups excluding carboxylic acids is 1. The quantitative estimate of drug-likeness (QED) is 0.472. The van der Waals surface area contributed by atoms with Gasteiger partial charge in [-0.1, -0.05) is 22.0 Å². The number of para-hydroxylation sites is 1. The lowest BCUT2D eigenvalue weighted by Gasteiger charge is -2.29. The largest absolute Gasteiger partial charge is 0.487 e. The lowest BCUT2D eigenvalue weighted by atomic mass is 10.1. The van der Waals surface area contributed by atoms with Crippen LogP contribution in [0.4, 0.5) is 5.69 Å². The molecule has 1 heterocycles. The number of ether oxygens (including phenoxy) is 1. The molecule has 1 aromatic rings. The summed E-state index contributed by atoms with van der Waals surface area (Å²) in [6, 6.07) is 4.46. The molecule has 0 bridgehead atoms. The fourth-order valence-electron chi connectivity index (χ4n) is 2.35. The molecule has 2 rings (SSSR count).